The van der Waals surface area contributed by atoms with Crippen molar-refractivity contribution < 1.29 is 22.7 Å². The summed E-state index contributed by atoms with van der Waals surface area (Å²) in [4.78, 5) is 11.2. The zero-order valence-electron chi connectivity index (χ0n) is 10.2. The van der Waals surface area contributed by atoms with Gasteiger partial charge in [0, 0.05) is 5.56 Å². The van der Waals surface area contributed by atoms with Gasteiger partial charge in [-0.2, -0.15) is 0 Å². The molecule has 0 atom stereocenters. The van der Waals surface area contributed by atoms with Gasteiger partial charge in [-0.25, -0.2) is 0 Å². The van der Waals surface area contributed by atoms with E-state index in [1.807, 2.05) is 0 Å². The molecular formula is C14H7Cl2F3O2. The van der Waals surface area contributed by atoms with Crippen molar-refractivity contribution in [2.45, 2.75) is 6.36 Å². The average molecular weight is 335 g/mol. The zero-order valence-corrected chi connectivity index (χ0v) is 11.8. The van der Waals surface area contributed by atoms with Crippen molar-refractivity contribution in [2.75, 3.05) is 0 Å². The summed E-state index contributed by atoms with van der Waals surface area (Å²) in [7, 11) is 0. The highest BCUT2D eigenvalue weighted by atomic mass is 35.5. The molecule has 7 heteroatoms. The number of hydrogen-bond donors (Lipinski definition) is 0. The van der Waals surface area contributed by atoms with Crippen molar-refractivity contribution >= 4 is 28.4 Å². The number of para-hydroxylation sites is 1. The third-order valence-corrected chi connectivity index (χ3v) is 3.14. The van der Waals surface area contributed by atoms with Crippen molar-refractivity contribution in [3.05, 3.63) is 53.1 Å². The molecule has 0 bridgehead atoms. The lowest BCUT2D eigenvalue weighted by atomic mass is 10.0. The van der Waals surface area contributed by atoms with Gasteiger partial charge in [0.15, 0.2) is 0 Å². The number of rotatable bonds is 3. The maximum Gasteiger partial charge on any atom is 0.573 e. The van der Waals surface area contributed by atoms with E-state index >= 15 is 0 Å². The van der Waals surface area contributed by atoms with Crippen LogP contribution in [0.3, 0.4) is 0 Å². The number of carbonyl (C=O) groups excluding carboxylic acids is 1. The maximum absolute atomic E-state index is 12.4. The normalized spacial score (nSPS) is 11.3. The largest absolute Gasteiger partial charge is 0.573 e. The van der Waals surface area contributed by atoms with Crippen LogP contribution >= 0.6 is 23.2 Å². The average Bonchev–Trinajstić information content (AvgIpc) is 2.38. The van der Waals surface area contributed by atoms with Crippen molar-refractivity contribution in [3.63, 3.8) is 0 Å². The molecule has 0 saturated carbocycles. The van der Waals surface area contributed by atoms with Crippen LogP contribution in [0.4, 0.5) is 13.2 Å². The van der Waals surface area contributed by atoms with Gasteiger partial charge >= 0.3 is 6.36 Å². The minimum atomic E-state index is -4.81. The molecule has 0 aromatic heterocycles. The summed E-state index contributed by atoms with van der Waals surface area (Å²) in [6.45, 7) is 0. The van der Waals surface area contributed by atoms with Gasteiger partial charge < -0.3 is 4.74 Å². The highest BCUT2D eigenvalue weighted by Gasteiger charge is 2.32. The predicted octanol–water partition coefficient (Wildman–Crippen LogP) is 5.28. The fourth-order valence-corrected chi connectivity index (χ4v) is 2.17. The van der Waals surface area contributed by atoms with Crippen molar-refractivity contribution in [1.29, 1.82) is 0 Å². The molecule has 21 heavy (non-hydrogen) atoms. The predicted molar refractivity (Wildman–Crippen MR) is 73.8 cm³/mol. The number of halogens is 5. The van der Waals surface area contributed by atoms with Crippen molar-refractivity contribution in [3.8, 4) is 16.9 Å². The second kappa shape index (κ2) is 5.95. The van der Waals surface area contributed by atoms with Gasteiger partial charge in [0.05, 0.1) is 10.6 Å². The Morgan fingerprint density at radius 3 is 2.38 bits per heavy atom. The van der Waals surface area contributed by atoms with Crippen LogP contribution in [-0.2, 0) is 0 Å². The van der Waals surface area contributed by atoms with Gasteiger partial charge in [-0.05, 0) is 35.4 Å². The molecular weight excluding hydrogens is 328 g/mol. The molecule has 2 aromatic carbocycles. The van der Waals surface area contributed by atoms with Gasteiger partial charge in [-0.1, -0.05) is 35.9 Å². The Morgan fingerprint density at radius 2 is 1.76 bits per heavy atom. The molecule has 0 amide bonds. The highest BCUT2D eigenvalue weighted by molar-refractivity contribution is 6.68. The topological polar surface area (TPSA) is 26.3 Å². The van der Waals surface area contributed by atoms with Gasteiger partial charge in [0.2, 0.25) is 0 Å². The molecule has 0 radical (unpaired) electrons. The Hall–Kier alpha value is -1.72. The Balaban J connectivity index is 2.52. The summed E-state index contributed by atoms with van der Waals surface area (Å²) < 4.78 is 41.1. The van der Waals surface area contributed by atoms with E-state index in [1.54, 1.807) is 6.07 Å². The first-order chi connectivity index (χ1) is 9.78. The molecule has 2 aromatic rings. The second-order valence-corrected chi connectivity index (χ2v) is 4.76. The smallest absolute Gasteiger partial charge is 0.405 e. The van der Waals surface area contributed by atoms with E-state index in [9.17, 15) is 18.0 Å². The summed E-state index contributed by atoms with van der Waals surface area (Å²) in [5, 5.41) is -0.677. The van der Waals surface area contributed by atoms with Crippen LogP contribution < -0.4 is 4.74 Å². The molecule has 0 aliphatic carbocycles. The molecule has 0 fully saturated rings. The Labute approximate surface area is 128 Å². The fourth-order valence-electron chi connectivity index (χ4n) is 1.76. The van der Waals surface area contributed by atoms with E-state index in [0.717, 1.165) is 0 Å². The fraction of sp³-hybridized carbons (Fsp3) is 0.0714. The first kappa shape index (κ1) is 15.7. The van der Waals surface area contributed by atoms with Crippen LogP contribution in [0.1, 0.15) is 10.4 Å². The molecule has 2 nitrogen and oxygen atoms in total. The monoisotopic (exact) mass is 334 g/mol. The van der Waals surface area contributed by atoms with E-state index in [1.165, 1.54) is 36.4 Å². The molecule has 0 unspecified atom stereocenters. The summed E-state index contributed by atoms with van der Waals surface area (Å²) in [6.07, 6.45) is -4.81. The molecule has 2 rings (SSSR count). The van der Waals surface area contributed by atoms with Crippen LogP contribution in [0.15, 0.2) is 42.5 Å². The van der Waals surface area contributed by atoms with Crippen molar-refractivity contribution in [1.82, 2.24) is 0 Å². The van der Waals surface area contributed by atoms with E-state index in [0.29, 0.717) is 5.56 Å². The van der Waals surface area contributed by atoms with Gasteiger partial charge in [-0.15, -0.1) is 13.2 Å². The van der Waals surface area contributed by atoms with Crippen LogP contribution in [0, 0.1) is 0 Å². The van der Waals surface area contributed by atoms with Gasteiger partial charge in [0.25, 0.3) is 5.24 Å². The van der Waals surface area contributed by atoms with Gasteiger partial charge in [0.1, 0.15) is 5.75 Å². The van der Waals surface area contributed by atoms with Gasteiger partial charge in [-0.3, -0.25) is 4.79 Å². The maximum atomic E-state index is 12.4. The van der Waals surface area contributed by atoms with E-state index in [4.69, 9.17) is 23.2 Å². The van der Waals surface area contributed by atoms with Crippen LogP contribution in [-0.4, -0.2) is 11.6 Å². The minimum Gasteiger partial charge on any atom is -0.405 e. The van der Waals surface area contributed by atoms with E-state index in [-0.39, 0.29) is 21.9 Å². The number of carbonyl (C=O) groups is 1. The first-order valence-corrected chi connectivity index (χ1v) is 6.38. The highest BCUT2D eigenvalue weighted by Crippen LogP contribution is 2.35. The standard InChI is InChI=1S/C14H7Cl2F3O2/c15-11-6-5-8(7-10(11)13(16)20)9-3-1-2-4-12(9)21-14(17,18)19/h1-7H. The Kier molecular flexibility index (Phi) is 4.44. The van der Waals surface area contributed by atoms with Crippen LogP contribution in [0.25, 0.3) is 11.1 Å². The molecule has 0 aliphatic rings. The zero-order chi connectivity index (χ0) is 15.6. The van der Waals surface area contributed by atoms with Crippen LogP contribution in [0.5, 0.6) is 5.75 Å². The first-order valence-electron chi connectivity index (χ1n) is 5.62. The Bertz CT molecular complexity index is 684. The minimum absolute atomic E-state index is 0.0117. The Morgan fingerprint density at radius 1 is 1.10 bits per heavy atom. The molecule has 0 aliphatic heterocycles. The third-order valence-electron chi connectivity index (χ3n) is 2.60. The lowest BCUT2D eigenvalue weighted by molar-refractivity contribution is -0.274. The quantitative estimate of drug-likeness (QED) is 0.713. The van der Waals surface area contributed by atoms with Crippen LogP contribution in [0.2, 0.25) is 5.02 Å². The number of benzene rings is 2. The lowest BCUT2D eigenvalue weighted by Gasteiger charge is -2.13. The summed E-state index contributed by atoms with van der Waals surface area (Å²) in [5.41, 5.74) is 0.520. The molecule has 0 heterocycles. The van der Waals surface area contributed by atoms with E-state index in [2.05, 4.69) is 4.74 Å². The lowest BCUT2D eigenvalue weighted by Crippen LogP contribution is -2.17. The molecule has 0 saturated heterocycles. The summed E-state index contributed by atoms with van der Waals surface area (Å²) in [6, 6.07) is 9.76. The molecule has 0 spiro atoms. The molecule has 110 valence electrons. The van der Waals surface area contributed by atoms with E-state index < -0.39 is 11.6 Å². The van der Waals surface area contributed by atoms with Crippen molar-refractivity contribution in [2.24, 2.45) is 0 Å². The summed E-state index contributed by atoms with van der Waals surface area (Å²) >= 11 is 11.2. The second-order valence-electron chi connectivity index (χ2n) is 4.01. The third kappa shape index (κ3) is 3.89. The number of ether oxygens (including phenoxy) is 1. The molecule has 0 N–H and O–H groups in total. The number of alkyl halides is 3. The summed E-state index contributed by atoms with van der Waals surface area (Å²) in [5.74, 6) is -0.375. The SMILES string of the molecule is O=C(Cl)c1cc(-c2ccccc2OC(F)(F)F)ccc1Cl. The number of hydrogen-bond acceptors (Lipinski definition) is 2.